The van der Waals surface area contributed by atoms with Gasteiger partial charge >= 0.3 is 6.18 Å². The molecule has 2 rings (SSSR count). The average Bonchev–Trinajstić information content (AvgIpc) is 2.62. The fraction of sp³-hybridized carbons (Fsp3) is 0.462. The Morgan fingerprint density at radius 2 is 1.90 bits per heavy atom. The quantitative estimate of drug-likeness (QED) is 0.906. The minimum Gasteiger partial charge on any atom is -0.346 e. The molecule has 1 amide bonds. The highest BCUT2D eigenvalue weighted by molar-refractivity contribution is 7.91. The van der Waals surface area contributed by atoms with Crippen LogP contribution in [0.1, 0.15) is 29.3 Å². The number of carbonyl (C=O) groups excluding carboxylic acids is 1. The highest BCUT2D eigenvalue weighted by Gasteiger charge is 2.41. The van der Waals surface area contributed by atoms with E-state index in [0.717, 1.165) is 12.1 Å². The molecule has 1 atom stereocenters. The molecule has 1 aliphatic heterocycles. The number of benzene rings is 1. The largest absolute Gasteiger partial charge is 0.417 e. The summed E-state index contributed by atoms with van der Waals surface area (Å²) in [4.78, 5) is 12.1. The van der Waals surface area contributed by atoms with Crippen molar-refractivity contribution >= 4 is 15.7 Å². The SMILES string of the molecule is C[C@]1(NC(=O)c2ccccc2C(F)(F)F)CCS(=O)(=O)C1. The first-order chi connectivity index (χ1) is 9.53. The van der Waals surface area contributed by atoms with E-state index >= 15 is 0 Å². The number of amides is 1. The van der Waals surface area contributed by atoms with Crippen LogP contribution in [0.25, 0.3) is 0 Å². The third-order valence-corrected chi connectivity index (χ3v) is 5.30. The zero-order valence-electron chi connectivity index (χ0n) is 11.2. The molecule has 0 aliphatic carbocycles. The van der Waals surface area contributed by atoms with Crippen molar-refractivity contribution in [3.8, 4) is 0 Å². The lowest BCUT2D eigenvalue weighted by molar-refractivity contribution is -0.137. The van der Waals surface area contributed by atoms with Gasteiger partial charge in [-0.1, -0.05) is 12.1 Å². The van der Waals surface area contributed by atoms with Gasteiger partial charge in [0.2, 0.25) is 0 Å². The first kappa shape index (κ1) is 15.8. The zero-order valence-corrected chi connectivity index (χ0v) is 12.0. The molecule has 0 spiro atoms. The third kappa shape index (κ3) is 3.55. The summed E-state index contributed by atoms with van der Waals surface area (Å²) in [6.45, 7) is 1.52. The van der Waals surface area contributed by atoms with Gasteiger partial charge in [-0.3, -0.25) is 4.79 Å². The lowest BCUT2D eigenvalue weighted by atomic mass is 10.00. The maximum Gasteiger partial charge on any atom is 0.417 e. The summed E-state index contributed by atoms with van der Waals surface area (Å²) in [6.07, 6.45) is -4.45. The first-order valence-electron chi connectivity index (χ1n) is 6.22. The van der Waals surface area contributed by atoms with Crippen LogP contribution in [0.2, 0.25) is 0 Å². The monoisotopic (exact) mass is 321 g/mol. The fourth-order valence-corrected chi connectivity index (χ4v) is 4.47. The molecule has 1 N–H and O–H groups in total. The normalized spacial score (nSPS) is 24.8. The minimum atomic E-state index is -4.64. The Balaban J connectivity index is 2.27. The maximum absolute atomic E-state index is 12.9. The molecule has 0 bridgehead atoms. The van der Waals surface area contributed by atoms with Gasteiger partial charge in [-0.2, -0.15) is 13.2 Å². The maximum atomic E-state index is 12.9. The summed E-state index contributed by atoms with van der Waals surface area (Å²) >= 11 is 0. The van der Waals surface area contributed by atoms with Gasteiger partial charge in [-0.05, 0) is 25.5 Å². The molecule has 1 aliphatic rings. The topological polar surface area (TPSA) is 63.2 Å². The van der Waals surface area contributed by atoms with Crippen LogP contribution in [0.15, 0.2) is 24.3 Å². The molecule has 0 saturated carbocycles. The summed E-state index contributed by atoms with van der Waals surface area (Å²) in [5, 5.41) is 2.42. The first-order valence-corrected chi connectivity index (χ1v) is 8.04. The summed E-state index contributed by atoms with van der Waals surface area (Å²) < 4.78 is 61.5. The molecule has 1 saturated heterocycles. The molecule has 1 fully saturated rings. The molecule has 8 heteroatoms. The smallest absolute Gasteiger partial charge is 0.346 e. The molecule has 1 aromatic rings. The highest BCUT2D eigenvalue weighted by Crippen LogP contribution is 2.32. The molecule has 4 nitrogen and oxygen atoms in total. The molecule has 0 radical (unpaired) electrons. The number of hydrogen-bond acceptors (Lipinski definition) is 3. The van der Waals surface area contributed by atoms with Crippen LogP contribution in [-0.2, 0) is 16.0 Å². The Morgan fingerprint density at radius 1 is 1.29 bits per heavy atom. The van der Waals surface area contributed by atoms with Crippen LogP contribution in [-0.4, -0.2) is 31.4 Å². The Hall–Kier alpha value is -1.57. The average molecular weight is 321 g/mol. The van der Waals surface area contributed by atoms with E-state index in [4.69, 9.17) is 0 Å². The Kier molecular flexibility index (Phi) is 3.77. The van der Waals surface area contributed by atoms with Crippen molar-refractivity contribution in [2.24, 2.45) is 0 Å². The van der Waals surface area contributed by atoms with Crippen molar-refractivity contribution in [3.05, 3.63) is 35.4 Å². The third-order valence-electron chi connectivity index (χ3n) is 3.40. The number of halogens is 3. The van der Waals surface area contributed by atoms with Crippen LogP contribution in [0.4, 0.5) is 13.2 Å². The molecule has 0 unspecified atom stereocenters. The van der Waals surface area contributed by atoms with E-state index in [1.807, 2.05) is 0 Å². The summed E-state index contributed by atoms with van der Waals surface area (Å²) in [5.41, 5.74) is -2.57. The second-order valence-corrected chi connectivity index (χ2v) is 7.58. The van der Waals surface area contributed by atoms with Crippen LogP contribution >= 0.6 is 0 Å². The lowest BCUT2D eigenvalue weighted by Crippen LogP contribution is -2.47. The van der Waals surface area contributed by atoms with E-state index in [-0.39, 0.29) is 17.9 Å². The van der Waals surface area contributed by atoms with Crippen LogP contribution < -0.4 is 5.32 Å². The minimum absolute atomic E-state index is 0.0787. The number of rotatable bonds is 2. The van der Waals surface area contributed by atoms with E-state index in [1.165, 1.54) is 19.1 Å². The van der Waals surface area contributed by atoms with Crippen LogP contribution in [0, 0.1) is 0 Å². The second-order valence-electron chi connectivity index (χ2n) is 5.40. The highest BCUT2D eigenvalue weighted by atomic mass is 32.2. The van der Waals surface area contributed by atoms with Gasteiger partial charge in [-0.25, -0.2) is 8.42 Å². The molecule has 1 aromatic carbocycles. The van der Waals surface area contributed by atoms with Crippen LogP contribution in [0.5, 0.6) is 0 Å². The van der Waals surface area contributed by atoms with Crippen LogP contribution in [0.3, 0.4) is 0 Å². The van der Waals surface area contributed by atoms with Gasteiger partial charge in [0.05, 0.1) is 28.2 Å². The van der Waals surface area contributed by atoms with Crippen molar-refractivity contribution in [3.63, 3.8) is 0 Å². The standard InChI is InChI=1S/C13H14F3NO3S/c1-12(6-7-21(19,20)8-12)17-11(18)9-4-2-3-5-10(9)13(14,15)16/h2-5H,6-8H2,1H3,(H,17,18)/t12-/m0/s1. The summed E-state index contributed by atoms with van der Waals surface area (Å²) in [7, 11) is -3.26. The van der Waals surface area contributed by atoms with Crippen molar-refractivity contribution in [1.29, 1.82) is 0 Å². The van der Waals surface area contributed by atoms with E-state index in [1.54, 1.807) is 0 Å². The predicted molar refractivity (Wildman–Crippen MR) is 70.6 cm³/mol. The number of alkyl halides is 3. The number of hydrogen-bond donors (Lipinski definition) is 1. The Bertz CT molecular complexity index is 669. The Morgan fingerprint density at radius 3 is 2.43 bits per heavy atom. The predicted octanol–water partition coefficient (Wildman–Crippen LogP) is 2.01. The molecular weight excluding hydrogens is 307 g/mol. The molecule has 1 heterocycles. The molecule has 116 valence electrons. The number of nitrogens with one attached hydrogen (secondary N) is 1. The van der Waals surface area contributed by atoms with Gasteiger partial charge in [0.1, 0.15) is 0 Å². The van der Waals surface area contributed by atoms with E-state index in [2.05, 4.69) is 5.32 Å². The van der Waals surface area contributed by atoms with Gasteiger partial charge < -0.3 is 5.32 Å². The second kappa shape index (κ2) is 5.01. The fourth-order valence-electron chi connectivity index (χ4n) is 2.38. The summed E-state index contributed by atoms with van der Waals surface area (Å²) in [5.74, 6) is -1.26. The Labute approximate surface area is 120 Å². The lowest BCUT2D eigenvalue weighted by Gasteiger charge is -2.24. The number of sulfone groups is 1. The van der Waals surface area contributed by atoms with Gasteiger partial charge in [0, 0.05) is 0 Å². The van der Waals surface area contributed by atoms with Gasteiger partial charge in [-0.15, -0.1) is 0 Å². The molecule has 21 heavy (non-hydrogen) atoms. The van der Waals surface area contributed by atoms with E-state index < -0.39 is 38.6 Å². The van der Waals surface area contributed by atoms with Crippen molar-refractivity contribution in [1.82, 2.24) is 5.32 Å². The van der Waals surface area contributed by atoms with Gasteiger partial charge in [0.25, 0.3) is 5.91 Å². The summed E-state index contributed by atoms with van der Waals surface area (Å²) in [6, 6.07) is 4.42. The molecule has 0 aromatic heterocycles. The zero-order chi connectivity index (χ0) is 15.9. The molecular formula is C13H14F3NO3S. The number of carbonyl (C=O) groups is 1. The van der Waals surface area contributed by atoms with Crippen molar-refractivity contribution in [2.75, 3.05) is 11.5 Å². The van der Waals surface area contributed by atoms with Gasteiger partial charge in [0.15, 0.2) is 9.84 Å². The van der Waals surface area contributed by atoms with Crippen molar-refractivity contribution < 1.29 is 26.4 Å². The van der Waals surface area contributed by atoms with E-state index in [9.17, 15) is 26.4 Å². The van der Waals surface area contributed by atoms with Crippen molar-refractivity contribution in [2.45, 2.75) is 25.1 Å². The van der Waals surface area contributed by atoms with E-state index in [0.29, 0.717) is 0 Å².